The Bertz CT molecular complexity index is 649. The topological polar surface area (TPSA) is 32.9 Å². The van der Waals surface area contributed by atoms with Gasteiger partial charge in [0.15, 0.2) is 11.2 Å². The van der Waals surface area contributed by atoms with E-state index in [1.54, 1.807) is 0 Å². The van der Waals surface area contributed by atoms with Crippen LogP contribution < -0.4 is 5.43 Å². The van der Waals surface area contributed by atoms with Crippen LogP contribution in [-0.4, -0.2) is 4.98 Å². The fourth-order valence-electron chi connectivity index (χ4n) is 1.65. The number of H-pyrrole nitrogens is 1. The first kappa shape index (κ1) is 12.4. The van der Waals surface area contributed by atoms with Crippen molar-refractivity contribution in [2.45, 2.75) is 19.8 Å². The second kappa shape index (κ2) is 4.31. The van der Waals surface area contributed by atoms with E-state index in [1.165, 1.54) is 12.1 Å². The van der Waals surface area contributed by atoms with Crippen molar-refractivity contribution >= 4 is 34.1 Å². The highest BCUT2D eigenvalue weighted by atomic mass is 35.5. The fourth-order valence-corrected chi connectivity index (χ4v) is 2.20. The van der Waals surface area contributed by atoms with Gasteiger partial charge in [0.25, 0.3) is 0 Å². The Morgan fingerprint density at radius 3 is 2.53 bits per heavy atom. The predicted octanol–water partition coefficient (Wildman–Crippen LogP) is 4.10. The summed E-state index contributed by atoms with van der Waals surface area (Å²) in [5.74, 6) is -0.599. The number of rotatable bonds is 1. The number of fused-ring (bicyclic) bond motifs is 1. The Balaban J connectivity index is 2.92. The highest BCUT2D eigenvalue weighted by Gasteiger charge is 2.14. The molecule has 0 radical (unpaired) electrons. The first-order valence-corrected chi connectivity index (χ1v) is 5.88. The molecule has 0 spiro atoms. The normalized spacial score (nSPS) is 11.4. The molecule has 1 aromatic heterocycles. The van der Waals surface area contributed by atoms with E-state index < -0.39 is 5.82 Å². The maximum Gasteiger partial charge on any atom is 0.191 e. The molecule has 0 aliphatic carbocycles. The zero-order valence-corrected chi connectivity index (χ0v) is 10.8. The number of aromatic amines is 1. The van der Waals surface area contributed by atoms with Gasteiger partial charge in [0.05, 0.1) is 20.9 Å². The van der Waals surface area contributed by atoms with Crippen molar-refractivity contribution in [2.75, 3.05) is 0 Å². The van der Waals surface area contributed by atoms with Crippen LogP contribution in [0.25, 0.3) is 10.9 Å². The van der Waals surface area contributed by atoms with Crippen molar-refractivity contribution in [1.82, 2.24) is 4.98 Å². The third kappa shape index (κ3) is 2.05. The number of nitrogens with one attached hydrogen (secondary N) is 1. The summed E-state index contributed by atoms with van der Waals surface area (Å²) in [7, 11) is 0. The molecule has 0 fully saturated rings. The van der Waals surface area contributed by atoms with Gasteiger partial charge in [-0.3, -0.25) is 4.79 Å². The average Bonchev–Trinajstić information content (AvgIpc) is 2.25. The lowest BCUT2D eigenvalue weighted by Gasteiger charge is -2.09. The lowest BCUT2D eigenvalue weighted by Crippen LogP contribution is -2.07. The molecule has 0 aliphatic heterocycles. The number of hydrogen-bond donors (Lipinski definition) is 1. The Labute approximate surface area is 107 Å². The van der Waals surface area contributed by atoms with E-state index in [2.05, 4.69) is 4.98 Å². The van der Waals surface area contributed by atoms with E-state index in [4.69, 9.17) is 23.2 Å². The van der Waals surface area contributed by atoms with E-state index >= 15 is 0 Å². The molecule has 0 bridgehead atoms. The summed E-state index contributed by atoms with van der Waals surface area (Å²) < 4.78 is 13.5. The van der Waals surface area contributed by atoms with Crippen LogP contribution in [0.3, 0.4) is 0 Å². The van der Waals surface area contributed by atoms with Gasteiger partial charge in [0.1, 0.15) is 0 Å². The van der Waals surface area contributed by atoms with E-state index in [-0.39, 0.29) is 26.8 Å². The van der Waals surface area contributed by atoms with Gasteiger partial charge < -0.3 is 4.98 Å². The van der Waals surface area contributed by atoms with E-state index in [1.807, 2.05) is 13.8 Å². The van der Waals surface area contributed by atoms with Gasteiger partial charge in [-0.1, -0.05) is 37.0 Å². The lowest BCUT2D eigenvalue weighted by molar-refractivity contribution is 0.630. The lowest BCUT2D eigenvalue weighted by atomic mass is 10.1. The third-order valence-corrected chi connectivity index (χ3v) is 3.23. The van der Waals surface area contributed by atoms with Crippen LogP contribution in [0.15, 0.2) is 16.9 Å². The molecule has 2 nitrogen and oxygen atoms in total. The van der Waals surface area contributed by atoms with Crippen LogP contribution in [0.1, 0.15) is 25.5 Å². The molecular weight excluding hydrogens is 264 g/mol. The molecule has 0 saturated carbocycles. The van der Waals surface area contributed by atoms with Crippen LogP contribution in [0.2, 0.25) is 10.0 Å². The van der Waals surface area contributed by atoms with E-state index in [0.717, 1.165) is 5.69 Å². The summed E-state index contributed by atoms with van der Waals surface area (Å²) in [6.07, 6.45) is 0. The Morgan fingerprint density at radius 2 is 1.94 bits per heavy atom. The van der Waals surface area contributed by atoms with Crippen LogP contribution in [0, 0.1) is 5.82 Å². The Morgan fingerprint density at radius 1 is 1.29 bits per heavy atom. The Kier molecular flexibility index (Phi) is 3.15. The van der Waals surface area contributed by atoms with Gasteiger partial charge in [0, 0.05) is 11.8 Å². The summed E-state index contributed by atoms with van der Waals surface area (Å²) in [5, 5.41) is -0.193. The molecule has 0 atom stereocenters. The minimum Gasteiger partial charge on any atom is -0.358 e. The molecule has 0 aliphatic rings. The molecule has 1 N–H and O–H groups in total. The fraction of sp³-hybridized carbons (Fsp3) is 0.250. The van der Waals surface area contributed by atoms with Crippen molar-refractivity contribution < 1.29 is 4.39 Å². The molecule has 1 aromatic carbocycles. The maximum absolute atomic E-state index is 13.5. The molecule has 2 aromatic rings. The van der Waals surface area contributed by atoms with Crippen LogP contribution in [-0.2, 0) is 0 Å². The summed E-state index contributed by atoms with van der Waals surface area (Å²) >= 11 is 11.5. The van der Waals surface area contributed by atoms with Gasteiger partial charge in [-0.15, -0.1) is 0 Å². The van der Waals surface area contributed by atoms with Crippen molar-refractivity contribution in [3.05, 3.63) is 43.9 Å². The second-order valence-corrected chi connectivity index (χ2v) is 4.94. The molecule has 5 heteroatoms. The van der Waals surface area contributed by atoms with Crippen molar-refractivity contribution in [3.8, 4) is 0 Å². The minimum atomic E-state index is -0.761. The van der Waals surface area contributed by atoms with Gasteiger partial charge in [-0.25, -0.2) is 4.39 Å². The van der Waals surface area contributed by atoms with Crippen LogP contribution >= 0.6 is 23.2 Å². The molecule has 0 unspecified atom stereocenters. The standard InChI is InChI=1S/C12H10Cl2FNO/c1-5(2)7-4-9(17)10-8(16-7)3-6(13)12(15)11(10)14/h3-5H,1-2H3,(H,16,17). The number of halogens is 3. The highest BCUT2D eigenvalue weighted by molar-refractivity contribution is 6.38. The molecule has 2 rings (SSSR count). The second-order valence-electron chi connectivity index (χ2n) is 4.15. The number of pyridine rings is 1. The highest BCUT2D eigenvalue weighted by Crippen LogP contribution is 2.29. The van der Waals surface area contributed by atoms with Crippen molar-refractivity contribution in [1.29, 1.82) is 0 Å². The summed E-state index contributed by atoms with van der Waals surface area (Å²) in [6.45, 7) is 3.90. The van der Waals surface area contributed by atoms with Gasteiger partial charge >= 0.3 is 0 Å². The van der Waals surface area contributed by atoms with Gasteiger partial charge in [-0.05, 0) is 12.0 Å². The van der Waals surface area contributed by atoms with Crippen molar-refractivity contribution in [3.63, 3.8) is 0 Å². The number of benzene rings is 1. The van der Waals surface area contributed by atoms with Gasteiger partial charge in [0.2, 0.25) is 0 Å². The third-order valence-electron chi connectivity index (χ3n) is 2.60. The first-order valence-electron chi connectivity index (χ1n) is 5.12. The average molecular weight is 274 g/mol. The van der Waals surface area contributed by atoms with Gasteiger partial charge in [-0.2, -0.15) is 0 Å². The minimum absolute atomic E-state index is 0.0981. The van der Waals surface area contributed by atoms with Crippen LogP contribution in [0.5, 0.6) is 0 Å². The summed E-state index contributed by atoms with van der Waals surface area (Å²) in [6, 6.07) is 2.82. The largest absolute Gasteiger partial charge is 0.358 e. The summed E-state index contributed by atoms with van der Waals surface area (Å²) in [5.41, 5.74) is 0.918. The molecule has 1 heterocycles. The first-order chi connectivity index (χ1) is 7.91. The zero-order chi connectivity index (χ0) is 12.7. The van der Waals surface area contributed by atoms with Crippen molar-refractivity contribution in [2.24, 2.45) is 0 Å². The zero-order valence-electron chi connectivity index (χ0n) is 9.27. The van der Waals surface area contributed by atoms with E-state index in [9.17, 15) is 9.18 Å². The smallest absolute Gasteiger partial charge is 0.191 e. The number of hydrogen-bond acceptors (Lipinski definition) is 1. The SMILES string of the molecule is CC(C)c1cc(=O)c2c(Cl)c(F)c(Cl)cc2[nH]1. The van der Waals surface area contributed by atoms with E-state index in [0.29, 0.717) is 5.52 Å². The molecule has 0 saturated heterocycles. The molecular formula is C12H10Cl2FNO. The quantitative estimate of drug-likeness (QED) is 0.780. The molecule has 0 amide bonds. The predicted molar refractivity (Wildman–Crippen MR) is 68.6 cm³/mol. The maximum atomic E-state index is 13.5. The molecule has 17 heavy (non-hydrogen) atoms. The number of aromatic nitrogens is 1. The van der Waals surface area contributed by atoms with Crippen LogP contribution in [0.4, 0.5) is 4.39 Å². The monoisotopic (exact) mass is 273 g/mol. The molecule has 90 valence electrons. The Hall–Kier alpha value is -1.06. The summed E-state index contributed by atoms with van der Waals surface area (Å²) in [4.78, 5) is 14.9.